The van der Waals surface area contributed by atoms with Gasteiger partial charge in [0.1, 0.15) is 0 Å². The third-order valence-corrected chi connectivity index (χ3v) is 5.69. The molecule has 5 N–H and O–H groups in total. The van der Waals surface area contributed by atoms with Gasteiger partial charge in [-0.05, 0) is 38.3 Å². The van der Waals surface area contributed by atoms with Gasteiger partial charge in [-0.1, -0.05) is 38.4 Å². The number of halogens is 1. The van der Waals surface area contributed by atoms with E-state index in [1.807, 2.05) is 25.1 Å². The van der Waals surface area contributed by atoms with Gasteiger partial charge in [0, 0.05) is 28.9 Å². The molecular weight excluding hydrogens is 414 g/mol. The maximum absolute atomic E-state index is 9.75. The average Bonchev–Trinajstić information content (AvgIpc) is 3.16. The number of aliphatic hydroxyl groups excluding tert-OH is 1. The van der Waals surface area contributed by atoms with Gasteiger partial charge < -0.3 is 26.0 Å². The molecule has 0 saturated heterocycles. The zero-order chi connectivity index (χ0) is 22.7. The zero-order valence-corrected chi connectivity index (χ0v) is 19.5. The van der Waals surface area contributed by atoms with Crippen molar-refractivity contribution in [2.45, 2.75) is 65.6 Å². The Hall–Kier alpha value is -2.58. The highest BCUT2D eigenvalue weighted by molar-refractivity contribution is 6.31. The Morgan fingerprint density at radius 3 is 2.52 bits per heavy atom. The quantitative estimate of drug-likeness (QED) is 0.358. The third-order valence-electron chi connectivity index (χ3n) is 5.33. The number of aromatic nitrogens is 4. The van der Waals surface area contributed by atoms with Crippen LogP contribution in [-0.2, 0) is 6.54 Å². The first kappa shape index (κ1) is 23.1. The summed E-state index contributed by atoms with van der Waals surface area (Å²) in [5, 5.41) is 26.0. The van der Waals surface area contributed by atoms with Crippen molar-refractivity contribution in [3.05, 3.63) is 34.5 Å². The fraction of sp³-hybridized carbons (Fsp3) is 0.500. The molecule has 8 nitrogen and oxygen atoms in total. The van der Waals surface area contributed by atoms with E-state index in [4.69, 9.17) is 22.3 Å². The van der Waals surface area contributed by atoms with Crippen LogP contribution in [0.15, 0.2) is 18.2 Å². The number of anilines is 3. The molecule has 0 fully saturated rings. The third kappa shape index (κ3) is 4.70. The van der Waals surface area contributed by atoms with Gasteiger partial charge in [-0.3, -0.25) is 0 Å². The van der Waals surface area contributed by atoms with Crippen molar-refractivity contribution >= 4 is 29.1 Å². The van der Waals surface area contributed by atoms with Gasteiger partial charge in [0.05, 0.1) is 24.0 Å². The van der Waals surface area contributed by atoms with Crippen LogP contribution in [0.2, 0.25) is 5.02 Å². The molecule has 0 bridgehead atoms. The van der Waals surface area contributed by atoms with Crippen molar-refractivity contribution in [1.29, 1.82) is 0 Å². The van der Waals surface area contributed by atoms with Crippen LogP contribution >= 0.6 is 11.6 Å². The summed E-state index contributed by atoms with van der Waals surface area (Å²) in [6.07, 6.45) is 0.766. The maximum atomic E-state index is 9.75. The predicted octanol–water partition coefficient (Wildman–Crippen LogP) is 4.51. The molecule has 3 rings (SSSR count). The zero-order valence-electron chi connectivity index (χ0n) is 18.8. The number of nitrogens with two attached hydrogens (primary N) is 1. The second-order valence-corrected chi connectivity index (χ2v) is 8.69. The van der Waals surface area contributed by atoms with E-state index in [1.54, 1.807) is 0 Å². The molecule has 2 heterocycles. The molecule has 2 aliphatic rings. The molecule has 0 saturated carbocycles. The van der Waals surface area contributed by atoms with E-state index < -0.39 is 0 Å². The van der Waals surface area contributed by atoms with E-state index in [2.05, 4.69) is 53.1 Å². The number of aliphatic hydroxyl groups is 1. The van der Waals surface area contributed by atoms with E-state index in [9.17, 15) is 5.11 Å². The number of hydrogen-bond acceptors (Lipinski definition) is 7. The summed E-state index contributed by atoms with van der Waals surface area (Å²) in [6, 6.07) is 5.47. The lowest BCUT2D eigenvalue weighted by molar-refractivity contribution is 0.271. The number of hydrogen-bond donors (Lipinski definition) is 4. The normalized spacial score (nSPS) is 12.7. The number of nitrogens with one attached hydrogen (secondary N) is 2. The maximum Gasteiger partial charge on any atom is 0.205 e. The first-order valence-corrected chi connectivity index (χ1v) is 11.1. The fourth-order valence-electron chi connectivity index (χ4n) is 3.55. The summed E-state index contributed by atoms with van der Waals surface area (Å²) in [5.74, 6) is 1.45. The van der Waals surface area contributed by atoms with Gasteiger partial charge >= 0.3 is 0 Å². The molecular formula is C22H32ClN7O. The van der Waals surface area contributed by atoms with Gasteiger partial charge in [0.2, 0.25) is 5.95 Å². The lowest BCUT2D eigenvalue weighted by Gasteiger charge is -2.26. The summed E-state index contributed by atoms with van der Waals surface area (Å²) in [5.41, 5.74) is 10.1. The van der Waals surface area contributed by atoms with Gasteiger partial charge in [-0.2, -0.15) is 10.1 Å². The molecule has 1 aromatic rings. The van der Waals surface area contributed by atoms with Crippen molar-refractivity contribution in [3.8, 4) is 11.4 Å². The highest BCUT2D eigenvalue weighted by atomic mass is 35.5. The van der Waals surface area contributed by atoms with Crippen LogP contribution in [-0.4, -0.2) is 37.5 Å². The second kappa shape index (κ2) is 9.70. The van der Waals surface area contributed by atoms with Crippen molar-refractivity contribution in [2.24, 2.45) is 0 Å². The summed E-state index contributed by atoms with van der Waals surface area (Å²) in [4.78, 5) is 4.85. The van der Waals surface area contributed by atoms with Crippen LogP contribution < -0.4 is 16.4 Å². The molecule has 2 aliphatic heterocycles. The van der Waals surface area contributed by atoms with Gasteiger partial charge in [0.15, 0.2) is 11.5 Å². The Labute approximate surface area is 188 Å². The number of benzene rings is 1. The lowest BCUT2D eigenvalue weighted by Crippen LogP contribution is -2.28. The molecule has 9 heteroatoms. The first-order chi connectivity index (χ1) is 14.8. The fourth-order valence-corrected chi connectivity index (χ4v) is 3.79. The smallest absolute Gasteiger partial charge is 0.205 e. The number of rotatable bonds is 9. The highest BCUT2D eigenvalue weighted by Crippen LogP contribution is 2.38. The van der Waals surface area contributed by atoms with Crippen LogP contribution in [0.3, 0.4) is 0 Å². The standard InChI is InChI=1S/C22H32ClN7O/c1-6-14(11-31)26-22-27-21(25-10-15-16(23)8-7-9-17(15)24)19-20(30(22)13(4)5)18(12(2)3)28-29-19/h7-9,12-14,25,31H,6,10-11,24H2,1-5H3,(H,26,27). The molecule has 31 heavy (non-hydrogen) atoms. The number of nitrogens with zero attached hydrogens (tertiary/aromatic N) is 4. The topological polar surface area (TPSA) is 114 Å². The number of nitrogen functional groups attached to an aromatic ring is 1. The summed E-state index contributed by atoms with van der Waals surface area (Å²) in [7, 11) is 0. The van der Waals surface area contributed by atoms with Crippen LogP contribution in [0.5, 0.6) is 0 Å². The van der Waals surface area contributed by atoms with Gasteiger partial charge in [0.25, 0.3) is 0 Å². The molecule has 0 spiro atoms. The molecule has 0 aliphatic carbocycles. The van der Waals surface area contributed by atoms with Gasteiger partial charge in [-0.15, -0.1) is 5.10 Å². The van der Waals surface area contributed by atoms with Crippen LogP contribution in [0.1, 0.15) is 64.3 Å². The highest BCUT2D eigenvalue weighted by Gasteiger charge is 2.28. The van der Waals surface area contributed by atoms with Crippen LogP contribution in [0, 0.1) is 0 Å². The molecule has 1 atom stereocenters. The summed E-state index contributed by atoms with van der Waals surface area (Å²) >= 11 is 6.35. The molecule has 0 aromatic heterocycles. The minimum Gasteiger partial charge on any atom is -0.398 e. The Bertz CT molecular complexity index is 978. The van der Waals surface area contributed by atoms with Crippen molar-refractivity contribution in [3.63, 3.8) is 0 Å². The molecule has 168 valence electrons. The van der Waals surface area contributed by atoms with Crippen LogP contribution in [0.4, 0.5) is 17.5 Å². The monoisotopic (exact) mass is 445 g/mol. The Balaban J connectivity index is 2.12. The van der Waals surface area contributed by atoms with Crippen molar-refractivity contribution in [1.82, 2.24) is 19.7 Å². The van der Waals surface area contributed by atoms with Gasteiger partial charge in [-0.25, -0.2) is 0 Å². The Morgan fingerprint density at radius 2 is 1.94 bits per heavy atom. The minimum atomic E-state index is -0.111. The SMILES string of the molecule is CCC(CO)Nc1nc(NCc2c(N)cccc2Cl)c2nnc(C(C)C)c-2n1C(C)C. The minimum absolute atomic E-state index is 0.0157. The second-order valence-electron chi connectivity index (χ2n) is 8.28. The van der Waals surface area contributed by atoms with Crippen LogP contribution in [0.25, 0.3) is 11.4 Å². The average molecular weight is 446 g/mol. The number of fused-ring (bicyclic) bond motifs is 1. The Kier molecular flexibility index (Phi) is 7.23. The van der Waals surface area contributed by atoms with Crippen molar-refractivity contribution < 1.29 is 5.11 Å². The lowest BCUT2D eigenvalue weighted by atomic mass is 10.1. The van der Waals surface area contributed by atoms with E-state index in [1.165, 1.54) is 0 Å². The molecule has 0 amide bonds. The molecule has 1 unspecified atom stereocenters. The molecule has 1 aromatic carbocycles. The van der Waals surface area contributed by atoms with E-state index >= 15 is 0 Å². The molecule has 0 radical (unpaired) electrons. The predicted molar refractivity (Wildman–Crippen MR) is 127 cm³/mol. The Morgan fingerprint density at radius 1 is 1.19 bits per heavy atom. The van der Waals surface area contributed by atoms with Crippen molar-refractivity contribution in [2.75, 3.05) is 23.0 Å². The first-order valence-electron chi connectivity index (χ1n) is 10.7. The largest absolute Gasteiger partial charge is 0.398 e. The van der Waals surface area contributed by atoms with E-state index in [0.717, 1.165) is 23.4 Å². The van der Waals surface area contributed by atoms with E-state index in [0.29, 0.717) is 34.7 Å². The van der Waals surface area contributed by atoms with E-state index in [-0.39, 0.29) is 24.6 Å². The summed E-state index contributed by atoms with van der Waals surface area (Å²) in [6.45, 7) is 10.8. The summed E-state index contributed by atoms with van der Waals surface area (Å²) < 4.78 is 2.11.